The number of benzene rings is 1. The third-order valence-corrected chi connectivity index (χ3v) is 3.27. The zero-order chi connectivity index (χ0) is 15.4. The van der Waals surface area contributed by atoms with Crippen molar-refractivity contribution in [2.45, 2.75) is 13.8 Å². The average Bonchev–Trinajstić information content (AvgIpc) is 2.84. The fourth-order valence-corrected chi connectivity index (χ4v) is 2.06. The van der Waals surface area contributed by atoms with E-state index in [0.717, 1.165) is 22.5 Å². The van der Waals surface area contributed by atoms with Crippen molar-refractivity contribution in [2.24, 2.45) is 7.05 Å². The molecule has 0 atom stereocenters. The number of carbonyl (C=O) groups is 1. The second kappa shape index (κ2) is 6.10. The molecule has 2 aromatic rings. The molecule has 0 aliphatic heterocycles. The molecule has 106 valence electrons. The summed E-state index contributed by atoms with van der Waals surface area (Å²) in [5, 5.41) is 12.0. The van der Waals surface area contributed by atoms with Gasteiger partial charge >= 0.3 is 0 Å². The minimum Gasteiger partial charge on any atom is -0.351 e. The molecule has 0 bridgehead atoms. The van der Waals surface area contributed by atoms with Gasteiger partial charge in [-0.25, -0.2) is 0 Å². The number of aryl methyl sites for hydroxylation is 3. The summed E-state index contributed by atoms with van der Waals surface area (Å²) in [5.41, 5.74) is 3.71. The minimum atomic E-state index is -0.398. The highest BCUT2D eigenvalue weighted by molar-refractivity contribution is 6.09. The smallest absolute Gasteiger partial charge is 0.266 e. The van der Waals surface area contributed by atoms with Crippen molar-refractivity contribution in [3.63, 3.8) is 0 Å². The van der Waals surface area contributed by atoms with Gasteiger partial charge in [-0.05, 0) is 43.7 Å². The van der Waals surface area contributed by atoms with Crippen LogP contribution in [0, 0.1) is 25.2 Å². The summed E-state index contributed by atoms with van der Waals surface area (Å²) < 4.78 is 1.85. The van der Waals surface area contributed by atoms with Gasteiger partial charge in [0.15, 0.2) is 0 Å². The number of hydrogen-bond acceptors (Lipinski definition) is 2. The Balaban J connectivity index is 2.24. The van der Waals surface area contributed by atoms with Gasteiger partial charge in [-0.3, -0.25) is 4.79 Å². The van der Waals surface area contributed by atoms with Crippen LogP contribution in [0.15, 0.2) is 42.1 Å². The van der Waals surface area contributed by atoms with Crippen molar-refractivity contribution >= 4 is 17.7 Å². The van der Waals surface area contributed by atoms with Gasteiger partial charge in [0.2, 0.25) is 0 Å². The first kappa shape index (κ1) is 14.6. The topological polar surface area (TPSA) is 57.8 Å². The van der Waals surface area contributed by atoms with E-state index < -0.39 is 5.91 Å². The van der Waals surface area contributed by atoms with Crippen LogP contribution < -0.4 is 5.32 Å². The predicted molar refractivity (Wildman–Crippen MR) is 83.5 cm³/mol. The summed E-state index contributed by atoms with van der Waals surface area (Å²) in [7, 11) is 1.86. The lowest BCUT2D eigenvalue weighted by Crippen LogP contribution is -2.14. The maximum atomic E-state index is 12.2. The third kappa shape index (κ3) is 3.40. The summed E-state index contributed by atoms with van der Waals surface area (Å²) in [4.78, 5) is 12.2. The summed E-state index contributed by atoms with van der Waals surface area (Å²) in [5.74, 6) is -0.398. The number of nitrogens with one attached hydrogen (secondary N) is 1. The van der Waals surface area contributed by atoms with Crippen LogP contribution in [-0.4, -0.2) is 10.5 Å². The monoisotopic (exact) mass is 279 g/mol. The number of aromatic nitrogens is 1. The van der Waals surface area contributed by atoms with E-state index in [0.29, 0.717) is 0 Å². The maximum Gasteiger partial charge on any atom is 0.266 e. The first-order valence-corrected chi connectivity index (χ1v) is 6.63. The number of amides is 1. The van der Waals surface area contributed by atoms with E-state index in [1.54, 1.807) is 6.08 Å². The Labute approximate surface area is 124 Å². The van der Waals surface area contributed by atoms with Gasteiger partial charge in [0.05, 0.1) is 0 Å². The zero-order valence-electron chi connectivity index (χ0n) is 12.3. The Hall–Kier alpha value is -2.80. The van der Waals surface area contributed by atoms with Crippen LogP contribution in [0.5, 0.6) is 0 Å². The molecule has 0 unspecified atom stereocenters. The molecule has 21 heavy (non-hydrogen) atoms. The molecule has 1 amide bonds. The lowest BCUT2D eigenvalue weighted by molar-refractivity contribution is -0.112. The molecule has 0 fully saturated rings. The van der Waals surface area contributed by atoms with E-state index in [1.165, 1.54) is 0 Å². The van der Waals surface area contributed by atoms with Crippen LogP contribution in [0.3, 0.4) is 0 Å². The van der Waals surface area contributed by atoms with Crippen LogP contribution in [0.4, 0.5) is 5.69 Å². The highest BCUT2D eigenvalue weighted by Crippen LogP contribution is 2.17. The van der Waals surface area contributed by atoms with E-state index in [-0.39, 0.29) is 5.57 Å². The lowest BCUT2D eigenvalue weighted by Gasteiger charge is -2.08. The Morgan fingerprint density at radius 1 is 1.33 bits per heavy atom. The van der Waals surface area contributed by atoms with Crippen molar-refractivity contribution in [1.82, 2.24) is 4.57 Å². The van der Waals surface area contributed by atoms with Gasteiger partial charge in [0, 0.05) is 24.6 Å². The number of carbonyl (C=O) groups excluding carboxylic acids is 1. The molecule has 1 aromatic carbocycles. The Morgan fingerprint density at radius 2 is 2.10 bits per heavy atom. The first-order valence-electron chi connectivity index (χ1n) is 6.63. The molecular weight excluding hydrogens is 262 g/mol. The summed E-state index contributed by atoms with van der Waals surface area (Å²) >= 11 is 0. The molecule has 1 heterocycles. The average molecular weight is 279 g/mol. The van der Waals surface area contributed by atoms with Gasteiger partial charge < -0.3 is 9.88 Å². The number of hydrogen-bond donors (Lipinski definition) is 1. The van der Waals surface area contributed by atoms with Gasteiger partial charge in [-0.1, -0.05) is 17.7 Å². The van der Waals surface area contributed by atoms with Gasteiger partial charge in [0.1, 0.15) is 11.6 Å². The molecule has 0 spiro atoms. The number of nitriles is 1. The molecule has 4 nitrogen and oxygen atoms in total. The molecular formula is C17H17N3O. The quantitative estimate of drug-likeness (QED) is 0.693. The van der Waals surface area contributed by atoms with Crippen molar-refractivity contribution in [3.05, 3.63) is 58.9 Å². The van der Waals surface area contributed by atoms with E-state index in [2.05, 4.69) is 5.32 Å². The van der Waals surface area contributed by atoms with Gasteiger partial charge in [-0.15, -0.1) is 0 Å². The molecule has 1 N–H and O–H groups in total. The van der Waals surface area contributed by atoms with Gasteiger partial charge in [-0.2, -0.15) is 5.26 Å². The minimum absolute atomic E-state index is 0.0803. The van der Waals surface area contributed by atoms with Crippen LogP contribution >= 0.6 is 0 Å². The number of rotatable bonds is 3. The second-order valence-electron chi connectivity index (χ2n) is 4.99. The van der Waals surface area contributed by atoms with E-state index in [4.69, 9.17) is 0 Å². The molecule has 0 aliphatic rings. The summed E-state index contributed by atoms with van der Waals surface area (Å²) in [6.07, 6.45) is 3.45. The zero-order valence-corrected chi connectivity index (χ0v) is 12.3. The summed E-state index contributed by atoms with van der Waals surface area (Å²) in [6.45, 7) is 3.92. The standard InChI is InChI=1S/C17H17N3O/c1-12-6-7-16(13(2)9-12)19-17(21)14(11-18)10-15-5-4-8-20(15)3/h4-10H,1-3H3,(H,19,21)/b14-10+. The molecule has 0 saturated heterocycles. The highest BCUT2D eigenvalue weighted by Gasteiger charge is 2.11. The highest BCUT2D eigenvalue weighted by atomic mass is 16.1. The molecule has 0 saturated carbocycles. The van der Waals surface area contributed by atoms with Crippen molar-refractivity contribution in [3.8, 4) is 6.07 Å². The Morgan fingerprint density at radius 3 is 2.67 bits per heavy atom. The van der Waals surface area contributed by atoms with Crippen LogP contribution in [-0.2, 0) is 11.8 Å². The SMILES string of the molecule is Cc1ccc(NC(=O)/C(C#N)=C/c2cccn2C)c(C)c1. The van der Waals surface area contributed by atoms with Crippen molar-refractivity contribution in [2.75, 3.05) is 5.32 Å². The van der Waals surface area contributed by atoms with E-state index in [9.17, 15) is 10.1 Å². The van der Waals surface area contributed by atoms with Crippen LogP contribution in [0.25, 0.3) is 6.08 Å². The predicted octanol–water partition coefficient (Wildman–Crippen LogP) is 3.19. The molecule has 0 radical (unpaired) electrons. The molecule has 4 heteroatoms. The van der Waals surface area contributed by atoms with E-state index in [1.807, 2.05) is 68.1 Å². The number of anilines is 1. The molecule has 0 aliphatic carbocycles. The fourth-order valence-electron chi connectivity index (χ4n) is 2.06. The summed E-state index contributed by atoms with van der Waals surface area (Å²) in [6, 6.07) is 11.4. The second-order valence-corrected chi connectivity index (χ2v) is 4.99. The van der Waals surface area contributed by atoms with E-state index >= 15 is 0 Å². The normalized spacial score (nSPS) is 11.0. The van der Waals surface area contributed by atoms with Crippen LogP contribution in [0.1, 0.15) is 16.8 Å². The number of nitrogens with zero attached hydrogens (tertiary/aromatic N) is 2. The third-order valence-electron chi connectivity index (χ3n) is 3.27. The Bertz CT molecular complexity index is 748. The van der Waals surface area contributed by atoms with Gasteiger partial charge in [0.25, 0.3) is 5.91 Å². The van der Waals surface area contributed by atoms with Crippen LogP contribution in [0.2, 0.25) is 0 Å². The lowest BCUT2D eigenvalue weighted by atomic mass is 10.1. The molecule has 2 rings (SSSR count). The first-order chi connectivity index (χ1) is 10.0. The van der Waals surface area contributed by atoms with Crippen molar-refractivity contribution in [1.29, 1.82) is 5.26 Å². The van der Waals surface area contributed by atoms with Crippen molar-refractivity contribution < 1.29 is 4.79 Å². The fraction of sp³-hybridized carbons (Fsp3) is 0.176. The molecule has 1 aromatic heterocycles. The Kier molecular flexibility index (Phi) is 4.24. The largest absolute Gasteiger partial charge is 0.351 e. The maximum absolute atomic E-state index is 12.2.